The smallest absolute Gasteiger partial charge is 0.316 e. The normalized spacial score (nSPS) is 18.5. The molecule has 2 aliphatic heterocycles. The van der Waals surface area contributed by atoms with Crippen molar-refractivity contribution in [1.29, 1.82) is 0 Å². The predicted molar refractivity (Wildman–Crippen MR) is 140 cm³/mol. The Kier molecular flexibility index (Phi) is 6.75. The number of aryl methyl sites for hydroxylation is 1. The number of pyridine rings is 1. The van der Waals surface area contributed by atoms with Crippen molar-refractivity contribution in [2.24, 2.45) is 4.99 Å². The first-order valence-electron chi connectivity index (χ1n) is 12.2. The van der Waals surface area contributed by atoms with Gasteiger partial charge in [0.2, 0.25) is 0 Å². The monoisotopic (exact) mass is 469 g/mol. The fraction of sp³-hybridized carbons (Fsp3) is 0.370. The average Bonchev–Trinajstić information content (AvgIpc) is 3.27. The minimum Gasteiger partial charge on any atom is -0.316 e. The zero-order valence-corrected chi connectivity index (χ0v) is 20.1. The van der Waals surface area contributed by atoms with Gasteiger partial charge in [0.1, 0.15) is 5.69 Å². The Hall–Kier alpha value is -3.74. The van der Waals surface area contributed by atoms with Gasteiger partial charge in [0, 0.05) is 67.0 Å². The van der Waals surface area contributed by atoms with E-state index in [9.17, 15) is 4.79 Å². The van der Waals surface area contributed by atoms with Gasteiger partial charge in [-0.25, -0.2) is 4.79 Å². The number of fused-ring (bicyclic) bond motifs is 2. The van der Waals surface area contributed by atoms with Crippen molar-refractivity contribution in [3.63, 3.8) is 0 Å². The Morgan fingerprint density at radius 2 is 2.26 bits per heavy atom. The fourth-order valence-corrected chi connectivity index (χ4v) is 4.96. The van der Waals surface area contributed by atoms with Gasteiger partial charge in [0.05, 0.1) is 5.52 Å². The molecule has 8 heteroatoms. The number of hydrogen-bond donors (Lipinski definition) is 2. The molecule has 2 amide bonds. The van der Waals surface area contributed by atoms with Crippen molar-refractivity contribution < 1.29 is 4.79 Å². The third-order valence-electron chi connectivity index (χ3n) is 6.74. The average molecular weight is 470 g/mol. The lowest BCUT2D eigenvalue weighted by molar-refractivity contribution is 0.121. The van der Waals surface area contributed by atoms with Crippen LogP contribution in [-0.2, 0) is 6.54 Å². The summed E-state index contributed by atoms with van der Waals surface area (Å²) in [5.74, 6) is 0. The zero-order chi connectivity index (χ0) is 24.2. The maximum Gasteiger partial charge on any atom is 0.322 e. The second-order valence-corrected chi connectivity index (χ2v) is 9.21. The number of aromatic amines is 1. The van der Waals surface area contributed by atoms with E-state index in [1.165, 1.54) is 0 Å². The molecule has 5 rings (SSSR count). The first-order chi connectivity index (χ1) is 17.1. The van der Waals surface area contributed by atoms with Gasteiger partial charge in [-0.1, -0.05) is 6.58 Å². The van der Waals surface area contributed by atoms with Crippen LogP contribution in [0.3, 0.4) is 0 Å². The molecule has 1 fully saturated rings. The summed E-state index contributed by atoms with van der Waals surface area (Å²) in [5.41, 5.74) is 8.54. The van der Waals surface area contributed by atoms with Crippen LogP contribution in [-0.4, -0.2) is 69.4 Å². The van der Waals surface area contributed by atoms with Gasteiger partial charge >= 0.3 is 6.03 Å². The van der Waals surface area contributed by atoms with E-state index >= 15 is 0 Å². The predicted octanol–water partition coefficient (Wildman–Crippen LogP) is 4.55. The number of carbonyl (C=O) groups excluding carboxylic acids is 1. The number of aromatic nitrogens is 3. The molecule has 0 aliphatic carbocycles. The molecule has 0 saturated carbocycles. The van der Waals surface area contributed by atoms with Gasteiger partial charge in [-0.15, -0.1) is 5.73 Å². The molecule has 8 nitrogen and oxygen atoms in total. The Bertz CT molecular complexity index is 1300. The highest BCUT2D eigenvalue weighted by Crippen LogP contribution is 2.34. The molecule has 2 aromatic heterocycles. The molecular formula is C27H31N7O. The van der Waals surface area contributed by atoms with E-state index in [-0.39, 0.29) is 12.1 Å². The Morgan fingerprint density at radius 1 is 1.34 bits per heavy atom. The van der Waals surface area contributed by atoms with E-state index in [1.54, 1.807) is 0 Å². The number of carbonyl (C=O) groups is 1. The van der Waals surface area contributed by atoms with E-state index in [1.807, 2.05) is 48.5 Å². The highest BCUT2D eigenvalue weighted by Gasteiger charge is 2.32. The van der Waals surface area contributed by atoms with Crippen molar-refractivity contribution in [3.8, 4) is 11.3 Å². The van der Waals surface area contributed by atoms with Crippen molar-refractivity contribution >= 4 is 28.8 Å². The number of amides is 2. The van der Waals surface area contributed by atoms with Crippen LogP contribution in [0.1, 0.15) is 30.5 Å². The van der Waals surface area contributed by atoms with Gasteiger partial charge in [0.25, 0.3) is 0 Å². The van der Waals surface area contributed by atoms with Crippen LogP contribution in [0.25, 0.3) is 22.2 Å². The molecule has 0 unspecified atom stereocenters. The standard InChI is InChI=1S/C27H31N7O/c1-3-4-5-9-28-11-13-33-12-6-7-22(18-33)34-17-21-15-23-25(16-24(21)30-27(34)35)31-32-26(23)20-8-10-29-19(2)14-20/h4,8,10-11,14-16,22H,1,5-7,9,12-13,17-18H2,2H3,(H,30,35)(H,31,32)/b28-11+/t22-/m1/s1. The van der Waals surface area contributed by atoms with Gasteiger partial charge in [0.15, 0.2) is 0 Å². The van der Waals surface area contributed by atoms with Crippen molar-refractivity contribution in [2.45, 2.75) is 38.8 Å². The number of nitrogens with one attached hydrogen (secondary N) is 2. The summed E-state index contributed by atoms with van der Waals surface area (Å²) in [7, 11) is 0. The van der Waals surface area contributed by atoms with E-state index in [0.717, 1.165) is 84.5 Å². The molecule has 4 heterocycles. The summed E-state index contributed by atoms with van der Waals surface area (Å²) < 4.78 is 0. The molecule has 35 heavy (non-hydrogen) atoms. The van der Waals surface area contributed by atoms with Gasteiger partial charge in [-0.2, -0.15) is 5.10 Å². The van der Waals surface area contributed by atoms with Crippen LogP contribution < -0.4 is 5.32 Å². The summed E-state index contributed by atoms with van der Waals surface area (Å²) in [6, 6.07) is 8.33. The van der Waals surface area contributed by atoms with Crippen molar-refractivity contribution in [3.05, 3.63) is 60.1 Å². The lowest BCUT2D eigenvalue weighted by atomic mass is 10.00. The number of piperidine rings is 1. The number of H-pyrrole nitrogens is 1. The van der Waals surface area contributed by atoms with Gasteiger partial charge < -0.3 is 10.2 Å². The third-order valence-corrected chi connectivity index (χ3v) is 6.74. The van der Waals surface area contributed by atoms with E-state index in [4.69, 9.17) is 0 Å². The lowest BCUT2D eigenvalue weighted by Gasteiger charge is -2.41. The summed E-state index contributed by atoms with van der Waals surface area (Å²) in [6.07, 6.45) is 8.64. The first-order valence-corrected chi connectivity index (χ1v) is 12.2. The molecule has 2 N–H and O–H groups in total. The molecular weight excluding hydrogens is 438 g/mol. The number of nitrogens with zero attached hydrogens (tertiary/aromatic N) is 5. The molecule has 0 spiro atoms. The highest BCUT2D eigenvalue weighted by atomic mass is 16.2. The molecule has 1 saturated heterocycles. The van der Waals surface area contributed by atoms with E-state index in [2.05, 4.69) is 48.8 Å². The minimum absolute atomic E-state index is 0.0296. The molecule has 0 radical (unpaired) electrons. The van der Waals surface area contributed by atoms with Crippen LogP contribution >= 0.6 is 0 Å². The van der Waals surface area contributed by atoms with E-state index < -0.39 is 0 Å². The summed E-state index contributed by atoms with van der Waals surface area (Å²) in [4.78, 5) is 26.2. The van der Waals surface area contributed by atoms with E-state index in [0.29, 0.717) is 6.54 Å². The van der Waals surface area contributed by atoms with Crippen molar-refractivity contribution in [2.75, 3.05) is 31.5 Å². The number of aliphatic imine (C=N–C) groups is 1. The number of rotatable bonds is 7. The number of likely N-dealkylation sites (tertiary alicyclic amines) is 1. The molecule has 3 aromatic rings. The number of hydrogen-bond acceptors (Lipinski definition) is 5. The first kappa shape index (κ1) is 23.0. The molecule has 1 atom stereocenters. The minimum atomic E-state index is -0.0296. The third kappa shape index (κ3) is 5.04. The largest absolute Gasteiger partial charge is 0.322 e. The molecule has 2 aliphatic rings. The van der Waals surface area contributed by atoms with Crippen LogP contribution in [0.5, 0.6) is 0 Å². The summed E-state index contributed by atoms with van der Waals surface area (Å²) >= 11 is 0. The summed E-state index contributed by atoms with van der Waals surface area (Å²) in [5, 5.41) is 11.9. The number of urea groups is 1. The lowest BCUT2D eigenvalue weighted by Crippen LogP contribution is -2.52. The molecule has 0 bridgehead atoms. The van der Waals surface area contributed by atoms with Crippen LogP contribution in [0.15, 0.2) is 53.8 Å². The topological polar surface area (TPSA) is 89.5 Å². The fourth-order valence-electron chi connectivity index (χ4n) is 4.96. The SMILES string of the molecule is C=C=CCC/N=C/CN1CCC[C@@H](N2Cc3cc4c(-c5ccnc(C)c5)n[nH]c4cc3NC2=O)C1. The maximum absolute atomic E-state index is 13.0. The second kappa shape index (κ2) is 10.3. The Morgan fingerprint density at radius 3 is 3.11 bits per heavy atom. The zero-order valence-electron chi connectivity index (χ0n) is 20.1. The summed E-state index contributed by atoms with van der Waals surface area (Å²) in [6.45, 7) is 9.61. The van der Waals surface area contributed by atoms with Gasteiger partial charge in [-0.05, 0) is 68.6 Å². The Balaban J connectivity index is 1.32. The van der Waals surface area contributed by atoms with Crippen LogP contribution in [0, 0.1) is 6.92 Å². The Labute approximate surface area is 205 Å². The van der Waals surface area contributed by atoms with Crippen LogP contribution in [0.2, 0.25) is 0 Å². The highest BCUT2D eigenvalue weighted by molar-refractivity contribution is 6.00. The maximum atomic E-state index is 13.0. The van der Waals surface area contributed by atoms with Crippen LogP contribution in [0.4, 0.5) is 10.5 Å². The molecule has 1 aromatic carbocycles. The number of anilines is 1. The van der Waals surface area contributed by atoms with Gasteiger partial charge in [-0.3, -0.25) is 20.0 Å². The number of benzene rings is 1. The molecule has 180 valence electrons. The quantitative estimate of drug-likeness (QED) is 0.302. The van der Waals surface area contributed by atoms with Crippen molar-refractivity contribution in [1.82, 2.24) is 25.0 Å². The second-order valence-electron chi connectivity index (χ2n) is 9.21.